The Kier molecular flexibility index (Phi) is 3.90. The molecule has 1 heterocycles. The first kappa shape index (κ1) is 13.9. The molecule has 0 spiro atoms. The summed E-state index contributed by atoms with van der Waals surface area (Å²) in [6.45, 7) is 0. The number of carbonyl (C=O) groups excluding carboxylic acids is 1. The van der Waals surface area contributed by atoms with E-state index in [2.05, 4.69) is 15.5 Å². The molecular weight excluding hydrogens is 289 g/mol. The molecule has 2 rings (SSSR count). The van der Waals surface area contributed by atoms with E-state index in [1.807, 2.05) is 0 Å². The maximum Gasteiger partial charge on any atom is 0.338 e. The van der Waals surface area contributed by atoms with Gasteiger partial charge in [-0.25, -0.2) is 9.18 Å². The summed E-state index contributed by atoms with van der Waals surface area (Å²) in [6.07, 6.45) is 0. The number of rotatable bonds is 3. The molecule has 0 unspecified atom stereocenters. The van der Waals surface area contributed by atoms with E-state index in [-0.39, 0.29) is 16.5 Å². The van der Waals surface area contributed by atoms with Gasteiger partial charge in [0.05, 0.1) is 5.56 Å². The van der Waals surface area contributed by atoms with Gasteiger partial charge in [0.15, 0.2) is 10.8 Å². The third-order valence-electron chi connectivity index (χ3n) is 2.32. The van der Waals surface area contributed by atoms with Crippen LogP contribution in [0.1, 0.15) is 20.8 Å². The molecule has 1 amide bonds. The van der Waals surface area contributed by atoms with Gasteiger partial charge in [-0.1, -0.05) is 11.6 Å². The zero-order valence-electron chi connectivity index (χ0n) is 9.80. The molecule has 0 aliphatic heterocycles. The Bertz CT molecular complexity index is 676. The highest BCUT2D eigenvalue weighted by molar-refractivity contribution is 6.29. The van der Waals surface area contributed by atoms with Gasteiger partial charge < -0.3 is 10.4 Å². The quantitative estimate of drug-likeness (QED) is 0.906. The molecule has 0 radical (unpaired) electrons. The minimum absolute atomic E-state index is 0.00267. The molecule has 2 N–H and O–H groups in total. The first-order chi connectivity index (χ1) is 9.47. The molecule has 0 aliphatic carbocycles. The molecule has 2 aromatic rings. The molecule has 1 aromatic heterocycles. The number of aromatic nitrogens is 2. The van der Waals surface area contributed by atoms with Crippen LogP contribution in [0.2, 0.25) is 5.15 Å². The van der Waals surface area contributed by atoms with Crippen LogP contribution in [0.3, 0.4) is 0 Å². The molecular formula is C12H7ClFN3O3. The fourth-order valence-corrected chi connectivity index (χ4v) is 1.50. The number of anilines is 1. The van der Waals surface area contributed by atoms with E-state index in [1.54, 1.807) is 0 Å². The number of benzene rings is 1. The monoisotopic (exact) mass is 295 g/mol. The van der Waals surface area contributed by atoms with E-state index in [4.69, 9.17) is 16.7 Å². The van der Waals surface area contributed by atoms with Crippen LogP contribution < -0.4 is 5.32 Å². The predicted molar refractivity (Wildman–Crippen MR) is 68.4 cm³/mol. The molecule has 0 saturated carbocycles. The molecule has 102 valence electrons. The van der Waals surface area contributed by atoms with Crippen molar-refractivity contribution in [2.45, 2.75) is 0 Å². The second kappa shape index (κ2) is 5.62. The van der Waals surface area contributed by atoms with Crippen molar-refractivity contribution >= 4 is 29.2 Å². The Hall–Kier alpha value is -2.54. The van der Waals surface area contributed by atoms with Crippen LogP contribution in [-0.2, 0) is 0 Å². The van der Waals surface area contributed by atoms with Crippen LogP contribution >= 0.6 is 11.6 Å². The van der Waals surface area contributed by atoms with Crippen LogP contribution in [-0.4, -0.2) is 27.2 Å². The summed E-state index contributed by atoms with van der Waals surface area (Å²) in [5, 5.41) is 18.2. The summed E-state index contributed by atoms with van der Waals surface area (Å²) in [4.78, 5) is 22.4. The lowest BCUT2D eigenvalue weighted by molar-refractivity contribution is 0.0692. The summed E-state index contributed by atoms with van der Waals surface area (Å²) in [6, 6.07) is 5.98. The van der Waals surface area contributed by atoms with Crippen LogP contribution in [0, 0.1) is 5.82 Å². The number of nitrogens with one attached hydrogen (secondary N) is 1. The maximum absolute atomic E-state index is 13.4. The van der Waals surface area contributed by atoms with Gasteiger partial charge in [-0.2, -0.15) is 0 Å². The molecule has 0 aliphatic rings. The lowest BCUT2D eigenvalue weighted by Crippen LogP contribution is -2.14. The fraction of sp³-hybridized carbons (Fsp3) is 0. The van der Waals surface area contributed by atoms with E-state index in [1.165, 1.54) is 18.2 Å². The molecule has 0 atom stereocenters. The smallest absolute Gasteiger partial charge is 0.338 e. The molecule has 0 saturated heterocycles. The van der Waals surface area contributed by atoms with Gasteiger partial charge in [-0.15, -0.1) is 10.2 Å². The second-order valence-electron chi connectivity index (χ2n) is 3.70. The summed E-state index contributed by atoms with van der Waals surface area (Å²) < 4.78 is 13.4. The Morgan fingerprint density at radius 2 is 1.95 bits per heavy atom. The van der Waals surface area contributed by atoms with E-state index < -0.39 is 23.3 Å². The lowest BCUT2D eigenvalue weighted by atomic mass is 10.2. The van der Waals surface area contributed by atoms with Crippen LogP contribution in [0.15, 0.2) is 30.3 Å². The highest BCUT2D eigenvalue weighted by atomic mass is 35.5. The first-order valence-corrected chi connectivity index (χ1v) is 5.68. The van der Waals surface area contributed by atoms with Crippen LogP contribution in [0.4, 0.5) is 10.1 Å². The van der Waals surface area contributed by atoms with Gasteiger partial charge in [0.2, 0.25) is 0 Å². The second-order valence-corrected chi connectivity index (χ2v) is 4.08. The molecule has 6 nitrogen and oxygen atoms in total. The molecule has 0 fully saturated rings. The van der Waals surface area contributed by atoms with Gasteiger partial charge in [-0.05, 0) is 30.3 Å². The maximum atomic E-state index is 13.4. The number of nitrogens with zero attached hydrogens (tertiary/aromatic N) is 2. The van der Waals surface area contributed by atoms with Crippen molar-refractivity contribution in [1.82, 2.24) is 10.2 Å². The van der Waals surface area contributed by atoms with Gasteiger partial charge in [-0.3, -0.25) is 4.79 Å². The molecule has 8 heteroatoms. The highest BCUT2D eigenvalue weighted by Crippen LogP contribution is 2.15. The predicted octanol–water partition coefficient (Wildman–Crippen LogP) is 2.22. The zero-order chi connectivity index (χ0) is 14.7. The minimum Gasteiger partial charge on any atom is -0.478 e. The Labute approximate surface area is 117 Å². The van der Waals surface area contributed by atoms with E-state index in [9.17, 15) is 14.0 Å². The number of halogens is 2. The minimum atomic E-state index is -1.39. The largest absolute Gasteiger partial charge is 0.478 e. The Balaban J connectivity index is 2.18. The Morgan fingerprint density at radius 1 is 1.20 bits per heavy atom. The van der Waals surface area contributed by atoms with Crippen molar-refractivity contribution < 1.29 is 19.1 Å². The fourth-order valence-electron chi connectivity index (χ4n) is 1.40. The molecule has 1 aromatic carbocycles. The number of hydrogen-bond donors (Lipinski definition) is 2. The summed E-state index contributed by atoms with van der Waals surface area (Å²) in [7, 11) is 0. The third kappa shape index (κ3) is 3.07. The number of aromatic carboxylic acids is 1. The van der Waals surface area contributed by atoms with Gasteiger partial charge >= 0.3 is 5.97 Å². The van der Waals surface area contributed by atoms with E-state index in [0.717, 1.165) is 12.1 Å². The number of carbonyl (C=O) groups is 2. The number of amides is 1. The summed E-state index contributed by atoms with van der Waals surface area (Å²) in [5.74, 6) is -2.95. The zero-order valence-corrected chi connectivity index (χ0v) is 10.6. The van der Waals surface area contributed by atoms with Crippen molar-refractivity contribution in [2.75, 3.05) is 5.32 Å². The van der Waals surface area contributed by atoms with E-state index >= 15 is 0 Å². The van der Waals surface area contributed by atoms with Crippen molar-refractivity contribution in [3.05, 3.63) is 52.6 Å². The van der Waals surface area contributed by atoms with Crippen LogP contribution in [0.25, 0.3) is 0 Å². The van der Waals surface area contributed by atoms with Crippen molar-refractivity contribution in [3.8, 4) is 0 Å². The number of carboxylic acid groups (broad SMARTS) is 1. The summed E-state index contributed by atoms with van der Waals surface area (Å²) in [5.41, 5.74) is -0.374. The van der Waals surface area contributed by atoms with Gasteiger partial charge in [0, 0.05) is 5.69 Å². The van der Waals surface area contributed by atoms with Crippen LogP contribution in [0.5, 0.6) is 0 Å². The van der Waals surface area contributed by atoms with Crippen molar-refractivity contribution in [3.63, 3.8) is 0 Å². The average molecular weight is 296 g/mol. The van der Waals surface area contributed by atoms with Crippen molar-refractivity contribution in [1.29, 1.82) is 0 Å². The molecule has 0 bridgehead atoms. The van der Waals surface area contributed by atoms with Gasteiger partial charge in [0.25, 0.3) is 5.91 Å². The highest BCUT2D eigenvalue weighted by Gasteiger charge is 2.13. The van der Waals surface area contributed by atoms with Gasteiger partial charge in [0.1, 0.15) is 5.82 Å². The first-order valence-electron chi connectivity index (χ1n) is 5.31. The van der Waals surface area contributed by atoms with E-state index in [0.29, 0.717) is 0 Å². The molecule has 20 heavy (non-hydrogen) atoms. The summed E-state index contributed by atoms with van der Waals surface area (Å²) >= 11 is 5.53. The average Bonchev–Trinajstić information content (AvgIpc) is 2.39. The normalized spacial score (nSPS) is 10.1. The number of carboxylic acids is 1. The lowest BCUT2D eigenvalue weighted by Gasteiger charge is -2.05. The Morgan fingerprint density at radius 3 is 2.50 bits per heavy atom. The van der Waals surface area contributed by atoms with Crippen molar-refractivity contribution in [2.24, 2.45) is 0 Å². The SMILES string of the molecule is O=C(Nc1ccc(C(=O)O)c(F)c1)c1ccc(Cl)nn1. The topological polar surface area (TPSA) is 92.2 Å². The third-order valence-corrected chi connectivity index (χ3v) is 2.52. The standard InChI is InChI=1S/C12H7ClFN3O3/c13-10-4-3-9(16-17-10)11(18)15-6-1-2-7(12(19)20)8(14)5-6/h1-5H,(H,15,18)(H,19,20). The number of hydrogen-bond acceptors (Lipinski definition) is 4.